The van der Waals surface area contributed by atoms with Crippen LogP contribution in [0.1, 0.15) is 45.1 Å². The molecule has 0 spiro atoms. The van der Waals surface area contributed by atoms with Gasteiger partial charge in [0.25, 0.3) is 0 Å². The molecule has 3 atom stereocenters. The topological polar surface area (TPSA) is 60.7 Å². The van der Waals surface area contributed by atoms with Gasteiger partial charge < -0.3 is 15.3 Å². The molecule has 144 valence electrons. The van der Waals surface area contributed by atoms with Crippen LogP contribution in [0.5, 0.6) is 5.75 Å². The Morgan fingerprint density at radius 3 is 2.52 bits per heavy atom. The predicted octanol–water partition coefficient (Wildman–Crippen LogP) is 5.38. The lowest BCUT2D eigenvalue weighted by atomic mass is 9.64. The number of hydrogen-bond acceptors (Lipinski definition) is 3. The summed E-state index contributed by atoms with van der Waals surface area (Å²) in [5.74, 6) is 0.483. The van der Waals surface area contributed by atoms with Crippen LogP contribution in [0.4, 0.5) is 0 Å². The predicted molar refractivity (Wildman–Crippen MR) is 110 cm³/mol. The highest BCUT2D eigenvalue weighted by molar-refractivity contribution is 5.41. The molecular weight excluding hydrogens is 336 g/mol. The first-order chi connectivity index (χ1) is 12.8. The second kappa shape index (κ2) is 7.77. The van der Waals surface area contributed by atoms with Crippen molar-refractivity contribution in [3.8, 4) is 5.75 Å². The number of allylic oxidation sites excluding steroid dienone is 3. The van der Waals surface area contributed by atoms with Crippen molar-refractivity contribution >= 4 is 0 Å². The molecule has 3 nitrogen and oxygen atoms in total. The van der Waals surface area contributed by atoms with E-state index in [9.17, 15) is 15.3 Å². The minimum atomic E-state index is -1.23. The SMILES string of the molecule is C=C(C)C1(O)C=C(O)C=C(CCc2ccc(O)cc2)[C@@H]1C1C=C(C)CCC1. The van der Waals surface area contributed by atoms with Crippen LogP contribution >= 0.6 is 0 Å². The monoisotopic (exact) mass is 366 g/mol. The number of aliphatic hydroxyl groups is 2. The van der Waals surface area contributed by atoms with E-state index < -0.39 is 5.60 Å². The lowest BCUT2D eigenvalue weighted by Crippen LogP contribution is -2.44. The van der Waals surface area contributed by atoms with Crippen LogP contribution < -0.4 is 0 Å². The van der Waals surface area contributed by atoms with E-state index in [4.69, 9.17) is 0 Å². The van der Waals surface area contributed by atoms with Crippen LogP contribution in [0.15, 0.2) is 71.6 Å². The Morgan fingerprint density at radius 2 is 1.89 bits per heavy atom. The zero-order valence-corrected chi connectivity index (χ0v) is 16.3. The smallest absolute Gasteiger partial charge is 0.115 e. The van der Waals surface area contributed by atoms with Gasteiger partial charge in [0, 0.05) is 5.92 Å². The maximum Gasteiger partial charge on any atom is 0.115 e. The van der Waals surface area contributed by atoms with E-state index in [-0.39, 0.29) is 23.3 Å². The van der Waals surface area contributed by atoms with Crippen LogP contribution in [-0.2, 0) is 6.42 Å². The van der Waals surface area contributed by atoms with Crippen LogP contribution in [0.2, 0.25) is 0 Å². The van der Waals surface area contributed by atoms with Crippen LogP contribution in [0.25, 0.3) is 0 Å². The Hall–Kier alpha value is -2.26. The van der Waals surface area contributed by atoms with E-state index in [0.717, 1.165) is 43.2 Å². The highest BCUT2D eigenvalue weighted by atomic mass is 16.3. The molecule has 0 heterocycles. The van der Waals surface area contributed by atoms with Crippen molar-refractivity contribution < 1.29 is 15.3 Å². The Labute approximate surface area is 162 Å². The Kier molecular flexibility index (Phi) is 5.61. The Bertz CT molecular complexity index is 797. The molecule has 1 aromatic carbocycles. The maximum absolute atomic E-state index is 11.5. The molecule has 27 heavy (non-hydrogen) atoms. The zero-order chi connectivity index (χ0) is 19.6. The van der Waals surface area contributed by atoms with E-state index in [1.54, 1.807) is 18.2 Å². The first-order valence-corrected chi connectivity index (χ1v) is 9.75. The number of phenols is 1. The van der Waals surface area contributed by atoms with Gasteiger partial charge in [-0.15, -0.1) is 0 Å². The molecule has 0 amide bonds. The van der Waals surface area contributed by atoms with Crippen LogP contribution in [-0.4, -0.2) is 20.9 Å². The summed E-state index contributed by atoms with van der Waals surface area (Å²) in [5, 5.41) is 31.3. The number of hydrogen-bond donors (Lipinski definition) is 3. The fourth-order valence-corrected chi connectivity index (χ4v) is 4.50. The van der Waals surface area contributed by atoms with E-state index in [2.05, 4.69) is 19.6 Å². The molecule has 3 N–H and O–H groups in total. The minimum absolute atomic E-state index is 0.106. The van der Waals surface area contributed by atoms with Gasteiger partial charge in [0.05, 0.1) is 0 Å². The minimum Gasteiger partial charge on any atom is -0.508 e. The third-order valence-electron chi connectivity index (χ3n) is 5.93. The summed E-state index contributed by atoms with van der Waals surface area (Å²) in [6.45, 7) is 8.02. The molecule has 0 saturated heterocycles. The van der Waals surface area contributed by atoms with Gasteiger partial charge in [0.1, 0.15) is 17.1 Å². The second-order valence-electron chi connectivity index (χ2n) is 8.11. The fraction of sp³-hybridized carbons (Fsp3) is 0.417. The summed E-state index contributed by atoms with van der Waals surface area (Å²) in [4.78, 5) is 0. The molecule has 0 aliphatic heterocycles. The molecule has 0 radical (unpaired) electrons. The maximum atomic E-state index is 11.5. The Balaban J connectivity index is 1.92. The highest BCUT2D eigenvalue weighted by Gasteiger charge is 2.44. The summed E-state index contributed by atoms with van der Waals surface area (Å²) in [6.07, 6.45) is 10.5. The van der Waals surface area contributed by atoms with E-state index in [0.29, 0.717) is 5.57 Å². The molecule has 0 saturated carbocycles. The third-order valence-corrected chi connectivity index (χ3v) is 5.93. The number of benzene rings is 1. The van der Waals surface area contributed by atoms with E-state index in [1.165, 1.54) is 5.57 Å². The normalized spacial score (nSPS) is 28.2. The summed E-state index contributed by atoms with van der Waals surface area (Å²) in [5.41, 5.74) is 2.97. The second-order valence-corrected chi connectivity index (χ2v) is 8.11. The van der Waals surface area contributed by atoms with Crippen molar-refractivity contribution in [2.45, 2.75) is 51.6 Å². The molecule has 2 aliphatic carbocycles. The molecule has 0 fully saturated rings. The van der Waals surface area contributed by atoms with Crippen molar-refractivity contribution in [1.82, 2.24) is 0 Å². The van der Waals surface area contributed by atoms with Gasteiger partial charge in [-0.1, -0.05) is 35.9 Å². The summed E-state index contributed by atoms with van der Waals surface area (Å²) in [7, 11) is 0. The molecule has 2 unspecified atom stereocenters. The number of aryl methyl sites for hydroxylation is 1. The zero-order valence-electron chi connectivity index (χ0n) is 16.3. The van der Waals surface area contributed by atoms with Gasteiger partial charge in [0.2, 0.25) is 0 Å². The summed E-state index contributed by atoms with van der Waals surface area (Å²) >= 11 is 0. The van der Waals surface area contributed by atoms with Crippen molar-refractivity contribution in [2.75, 3.05) is 0 Å². The van der Waals surface area contributed by atoms with Crippen molar-refractivity contribution in [1.29, 1.82) is 0 Å². The van der Waals surface area contributed by atoms with Gasteiger partial charge in [-0.3, -0.25) is 0 Å². The first kappa shape index (κ1) is 19.5. The standard InChI is InChI=1S/C24H30O3/c1-16(2)24(27)15-22(26)14-20(10-7-18-8-11-21(25)12-9-18)23(24)19-6-4-5-17(3)13-19/h8-9,11-15,19,23,25-27H,1,4-7,10H2,2-3H3/t19?,23-,24?/m0/s1. The highest BCUT2D eigenvalue weighted by Crippen LogP contribution is 2.46. The summed E-state index contributed by atoms with van der Waals surface area (Å²) < 4.78 is 0. The van der Waals surface area contributed by atoms with Gasteiger partial charge in [-0.05, 0) is 87.3 Å². The molecule has 3 rings (SSSR count). The molecule has 2 aliphatic rings. The number of phenolic OH excluding ortho intramolecular Hbond substituents is 1. The molecule has 0 aromatic heterocycles. The lowest BCUT2D eigenvalue weighted by molar-refractivity contribution is 0.0497. The van der Waals surface area contributed by atoms with E-state index >= 15 is 0 Å². The van der Waals surface area contributed by atoms with Gasteiger partial charge in [-0.2, -0.15) is 0 Å². The van der Waals surface area contributed by atoms with Gasteiger partial charge in [0.15, 0.2) is 0 Å². The molecular formula is C24H30O3. The molecule has 3 heteroatoms. The number of aliphatic hydroxyl groups excluding tert-OH is 1. The quantitative estimate of drug-likeness (QED) is 0.613. The van der Waals surface area contributed by atoms with Crippen molar-refractivity contribution in [3.05, 3.63) is 77.1 Å². The summed E-state index contributed by atoms with van der Waals surface area (Å²) in [6, 6.07) is 7.21. The fourth-order valence-electron chi connectivity index (χ4n) is 4.50. The molecule has 1 aromatic rings. The Morgan fingerprint density at radius 1 is 1.19 bits per heavy atom. The van der Waals surface area contributed by atoms with Crippen molar-refractivity contribution in [2.24, 2.45) is 11.8 Å². The average Bonchev–Trinajstić information content (AvgIpc) is 2.60. The van der Waals surface area contributed by atoms with Gasteiger partial charge in [-0.25, -0.2) is 0 Å². The largest absolute Gasteiger partial charge is 0.508 e. The lowest BCUT2D eigenvalue weighted by Gasteiger charge is -2.43. The number of rotatable bonds is 5. The molecule has 0 bridgehead atoms. The van der Waals surface area contributed by atoms with Crippen LogP contribution in [0.3, 0.4) is 0 Å². The van der Waals surface area contributed by atoms with E-state index in [1.807, 2.05) is 25.1 Å². The third kappa shape index (κ3) is 4.19. The average molecular weight is 367 g/mol. The van der Waals surface area contributed by atoms with Gasteiger partial charge >= 0.3 is 0 Å². The number of aromatic hydroxyl groups is 1. The van der Waals surface area contributed by atoms with Crippen molar-refractivity contribution in [3.63, 3.8) is 0 Å². The first-order valence-electron chi connectivity index (χ1n) is 9.75. The van der Waals surface area contributed by atoms with Crippen LogP contribution in [0, 0.1) is 11.8 Å².